The Hall–Kier alpha value is -0.0900. The highest BCUT2D eigenvalue weighted by molar-refractivity contribution is 7.85. The van der Waals surface area contributed by atoms with Gasteiger partial charge in [0.15, 0.2) is 0 Å². The van der Waals surface area contributed by atoms with Gasteiger partial charge in [-0.2, -0.15) is 8.42 Å². The molecule has 0 bridgehead atoms. The third kappa shape index (κ3) is 3.91. The van der Waals surface area contributed by atoms with E-state index in [1.807, 2.05) is 0 Å². The molecule has 0 spiro atoms. The summed E-state index contributed by atoms with van der Waals surface area (Å²) in [6.07, 6.45) is 0.993. The van der Waals surface area contributed by atoms with E-state index >= 15 is 0 Å². The fourth-order valence-electron chi connectivity index (χ4n) is 0. The minimum absolute atomic E-state index is 0. The molecule has 0 aliphatic carbocycles. The van der Waals surface area contributed by atoms with Gasteiger partial charge < -0.3 is 0 Å². The second kappa shape index (κ2) is 1.57. The van der Waals surface area contributed by atoms with Crippen LogP contribution < -0.4 is 0 Å². The lowest BCUT2D eigenvalue weighted by Crippen LogP contribution is -1.95. The van der Waals surface area contributed by atoms with Gasteiger partial charge in [-0.25, -0.2) is 0 Å². The second-order valence-electron chi connectivity index (χ2n) is 0.871. The molecule has 4 heteroatoms. The van der Waals surface area contributed by atoms with Gasteiger partial charge in [0.05, 0.1) is 13.4 Å². The molecule has 0 saturated carbocycles. The van der Waals surface area contributed by atoms with Gasteiger partial charge in [-0.15, -0.1) is 0 Å². The van der Waals surface area contributed by atoms with Crippen molar-refractivity contribution in [3.05, 3.63) is 0 Å². The van der Waals surface area contributed by atoms with E-state index in [0.717, 1.165) is 13.4 Å². The van der Waals surface area contributed by atoms with Crippen LogP contribution in [-0.4, -0.2) is 21.8 Å². The maximum absolute atomic E-state index is 9.78. The van der Waals surface area contributed by atoms with Crippen molar-refractivity contribution in [2.45, 2.75) is 0 Å². The Kier molecular flexibility index (Phi) is 1.55. The topological polar surface area (TPSA) is 43.4 Å². The molecule has 0 aliphatic rings. The van der Waals surface area contributed by atoms with Gasteiger partial charge in [0, 0.05) is 1.43 Å². The lowest BCUT2D eigenvalue weighted by molar-refractivity contribution is 0.403. The Morgan fingerprint density at radius 3 is 1.83 bits per heavy atom. The first kappa shape index (κ1) is 5.91. The summed E-state index contributed by atoms with van der Waals surface area (Å²) in [7, 11) is -2.04. The fourth-order valence-corrected chi connectivity index (χ4v) is 0. The highest BCUT2D eigenvalue weighted by Crippen LogP contribution is 1.75. The molecule has 1 radical (unpaired) electrons. The van der Waals surface area contributed by atoms with Gasteiger partial charge in [-0.3, -0.25) is 4.18 Å². The highest BCUT2D eigenvalue weighted by atomic mass is 32.2. The zero-order valence-electron chi connectivity index (χ0n) is 4.63. The summed E-state index contributed by atoms with van der Waals surface area (Å²) in [5, 5.41) is 0. The van der Waals surface area contributed by atoms with Crippen LogP contribution >= 0.6 is 0 Å². The third-order valence-corrected chi connectivity index (χ3v) is 0.908. The van der Waals surface area contributed by atoms with E-state index < -0.39 is 10.1 Å². The quantitative estimate of drug-likeness (QED) is 0.436. The van der Waals surface area contributed by atoms with Crippen molar-refractivity contribution < 1.29 is 14.0 Å². The van der Waals surface area contributed by atoms with Crippen molar-refractivity contribution in [2.75, 3.05) is 13.4 Å². The predicted molar refractivity (Wildman–Crippen MR) is 23.0 cm³/mol. The summed E-state index contributed by atoms with van der Waals surface area (Å²) in [4.78, 5) is 0. The second-order valence-corrected chi connectivity index (χ2v) is 2.61. The molecular formula is C2H7O3S. The van der Waals surface area contributed by atoms with Gasteiger partial charge in [-0.1, -0.05) is 0 Å². The minimum atomic E-state index is -3.16. The van der Waals surface area contributed by atoms with Gasteiger partial charge in [0.1, 0.15) is 0 Å². The zero-order chi connectivity index (χ0) is 5.21. The van der Waals surface area contributed by atoms with Crippen LogP contribution in [0.1, 0.15) is 1.43 Å². The van der Waals surface area contributed by atoms with Crippen molar-refractivity contribution in [3.63, 3.8) is 0 Å². The van der Waals surface area contributed by atoms with E-state index in [1.165, 1.54) is 0 Å². The molecule has 0 fully saturated rings. The van der Waals surface area contributed by atoms with Crippen molar-refractivity contribution >= 4 is 10.1 Å². The van der Waals surface area contributed by atoms with Crippen LogP contribution in [0.25, 0.3) is 0 Å². The van der Waals surface area contributed by atoms with E-state index in [9.17, 15) is 8.42 Å². The lowest BCUT2D eigenvalue weighted by Gasteiger charge is -1.84. The van der Waals surface area contributed by atoms with Gasteiger partial charge >= 0.3 is 0 Å². The molecule has 0 amide bonds. The van der Waals surface area contributed by atoms with Crippen LogP contribution in [0.5, 0.6) is 0 Å². The van der Waals surface area contributed by atoms with Crippen molar-refractivity contribution in [1.29, 1.82) is 0 Å². The molecule has 0 aromatic rings. The summed E-state index contributed by atoms with van der Waals surface area (Å²) in [5.74, 6) is 0. The predicted octanol–water partition coefficient (Wildman–Crippen LogP) is -0.295. The smallest absolute Gasteiger partial charge is 0.264 e. The molecule has 0 aliphatic heterocycles. The monoisotopic (exact) mass is 111 g/mol. The molecule has 0 aromatic heterocycles. The summed E-state index contributed by atoms with van der Waals surface area (Å²) in [6, 6.07) is 0. The van der Waals surface area contributed by atoms with E-state index in [1.54, 1.807) is 0 Å². The maximum Gasteiger partial charge on any atom is 0.264 e. The largest absolute Gasteiger partial charge is 0.274 e. The normalized spacial score (nSPS) is 11.7. The Balaban J connectivity index is 0. The average Bonchev–Trinajstić information content (AvgIpc) is 1.35. The van der Waals surface area contributed by atoms with Crippen molar-refractivity contribution in [2.24, 2.45) is 0 Å². The SMILES string of the molecule is COS(C)(=O)=O.[H]. The van der Waals surface area contributed by atoms with Gasteiger partial charge in [0.25, 0.3) is 10.1 Å². The summed E-state index contributed by atoms with van der Waals surface area (Å²) < 4.78 is 23.5. The Morgan fingerprint density at radius 2 is 1.83 bits per heavy atom. The van der Waals surface area contributed by atoms with Gasteiger partial charge in [0.2, 0.25) is 0 Å². The van der Waals surface area contributed by atoms with Gasteiger partial charge in [-0.05, 0) is 0 Å². The van der Waals surface area contributed by atoms with E-state index in [2.05, 4.69) is 4.18 Å². The molecule has 0 heterocycles. The third-order valence-electron chi connectivity index (χ3n) is 0.303. The van der Waals surface area contributed by atoms with Crippen LogP contribution in [0.2, 0.25) is 0 Å². The zero-order valence-corrected chi connectivity index (χ0v) is 4.45. The maximum atomic E-state index is 9.78. The molecule has 0 rings (SSSR count). The highest BCUT2D eigenvalue weighted by Gasteiger charge is 1.90. The van der Waals surface area contributed by atoms with E-state index in [4.69, 9.17) is 0 Å². The Morgan fingerprint density at radius 1 is 1.67 bits per heavy atom. The molecule has 3 nitrogen and oxygen atoms in total. The molecule has 0 atom stereocenters. The minimum Gasteiger partial charge on any atom is -0.274 e. The van der Waals surface area contributed by atoms with Crippen molar-refractivity contribution in [3.8, 4) is 0 Å². The first-order valence-electron chi connectivity index (χ1n) is 1.32. The number of hydrogen-bond acceptors (Lipinski definition) is 3. The first-order valence-corrected chi connectivity index (χ1v) is 3.13. The van der Waals surface area contributed by atoms with E-state index in [0.29, 0.717) is 0 Å². The van der Waals surface area contributed by atoms with Crippen molar-refractivity contribution in [1.82, 2.24) is 0 Å². The van der Waals surface area contributed by atoms with Crippen LogP contribution in [0.3, 0.4) is 0 Å². The molecule has 0 unspecified atom stereocenters. The Labute approximate surface area is 38.5 Å². The first-order chi connectivity index (χ1) is 2.56. The molecule has 0 N–H and O–H groups in total. The molecule has 39 valence electrons. The summed E-state index contributed by atoms with van der Waals surface area (Å²) >= 11 is 0. The van der Waals surface area contributed by atoms with Crippen LogP contribution in [0, 0.1) is 0 Å². The summed E-state index contributed by atoms with van der Waals surface area (Å²) in [6.45, 7) is 0. The Bertz CT molecular complexity index is 115. The lowest BCUT2D eigenvalue weighted by atomic mass is 11.8. The van der Waals surface area contributed by atoms with Crippen LogP contribution in [-0.2, 0) is 14.3 Å². The molecule has 6 heavy (non-hydrogen) atoms. The van der Waals surface area contributed by atoms with E-state index in [-0.39, 0.29) is 1.43 Å². The number of rotatable bonds is 1. The number of hydrogen-bond donors (Lipinski definition) is 0. The fraction of sp³-hybridized carbons (Fsp3) is 1.00. The van der Waals surface area contributed by atoms with Crippen LogP contribution in [0.15, 0.2) is 0 Å². The summed E-state index contributed by atoms with van der Waals surface area (Å²) in [5.41, 5.74) is 0. The average molecular weight is 111 g/mol. The van der Waals surface area contributed by atoms with Crippen LogP contribution in [0.4, 0.5) is 0 Å². The molecule has 0 aromatic carbocycles. The molecular weight excluding hydrogens is 104 g/mol. The molecule has 0 saturated heterocycles. The standard InChI is InChI=1S/C2H6O3S.H/c1-5-6(2,3)4;/h1-2H3;.